The van der Waals surface area contributed by atoms with Gasteiger partial charge < -0.3 is 15.8 Å². The number of hydrogen-bond donors (Lipinski definition) is 2. The SMILES string of the molecule is COc1c(C)cc(C)cc1CNC(CN)C(C)C. The minimum atomic E-state index is 0.343. The number of benzene rings is 1. The van der Waals surface area contributed by atoms with Crippen LogP contribution in [0.3, 0.4) is 0 Å². The third kappa shape index (κ3) is 3.72. The van der Waals surface area contributed by atoms with Gasteiger partial charge in [0.25, 0.3) is 0 Å². The molecule has 0 saturated carbocycles. The summed E-state index contributed by atoms with van der Waals surface area (Å²) in [6, 6.07) is 4.66. The zero-order valence-corrected chi connectivity index (χ0v) is 12.2. The molecule has 1 unspecified atom stereocenters. The molecule has 0 bridgehead atoms. The van der Waals surface area contributed by atoms with Crippen LogP contribution in [0.2, 0.25) is 0 Å². The molecule has 0 aliphatic heterocycles. The number of hydrogen-bond acceptors (Lipinski definition) is 3. The largest absolute Gasteiger partial charge is 0.496 e. The molecule has 3 N–H and O–H groups in total. The zero-order valence-electron chi connectivity index (χ0n) is 12.2. The average molecular weight is 250 g/mol. The van der Waals surface area contributed by atoms with E-state index in [1.54, 1.807) is 7.11 Å². The second-order valence-corrected chi connectivity index (χ2v) is 5.24. The number of rotatable bonds is 6. The number of methoxy groups -OCH3 is 1. The smallest absolute Gasteiger partial charge is 0.126 e. The van der Waals surface area contributed by atoms with Gasteiger partial charge in [-0.25, -0.2) is 0 Å². The van der Waals surface area contributed by atoms with Crippen molar-refractivity contribution in [3.8, 4) is 5.75 Å². The monoisotopic (exact) mass is 250 g/mol. The van der Waals surface area contributed by atoms with Gasteiger partial charge in [0.2, 0.25) is 0 Å². The summed E-state index contributed by atoms with van der Waals surface area (Å²) in [6.45, 7) is 10.0. The Morgan fingerprint density at radius 1 is 1.28 bits per heavy atom. The van der Waals surface area contributed by atoms with E-state index in [1.165, 1.54) is 16.7 Å². The fourth-order valence-corrected chi connectivity index (χ4v) is 2.30. The molecule has 0 amide bonds. The molecule has 0 aliphatic rings. The van der Waals surface area contributed by atoms with Crippen molar-refractivity contribution in [2.75, 3.05) is 13.7 Å². The maximum atomic E-state index is 5.77. The Morgan fingerprint density at radius 2 is 1.94 bits per heavy atom. The van der Waals surface area contributed by atoms with Crippen molar-refractivity contribution in [1.29, 1.82) is 0 Å². The lowest BCUT2D eigenvalue weighted by Gasteiger charge is -2.22. The van der Waals surface area contributed by atoms with Gasteiger partial charge in [0, 0.05) is 24.7 Å². The van der Waals surface area contributed by atoms with Crippen LogP contribution in [0.1, 0.15) is 30.5 Å². The lowest BCUT2D eigenvalue weighted by atomic mass is 10.0. The molecular weight excluding hydrogens is 224 g/mol. The Labute approximate surface area is 111 Å². The normalized spacial score (nSPS) is 12.8. The number of aryl methyl sites for hydroxylation is 2. The van der Waals surface area contributed by atoms with Crippen LogP contribution in [0.5, 0.6) is 5.75 Å². The van der Waals surface area contributed by atoms with E-state index in [-0.39, 0.29) is 0 Å². The fraction of sp³-hybridized carbons (Fsp3) is 0.600. The summed E-state index contributed by atoms with van der Waals surface area (Å²) in [6.07, 6.45) is 0. The second-order valence-electron chi connectivity index (χ2n) is 5.24. The van der Waals surface area contributed by atoms with Crippen molar-refractivity contribution >= 4 is 0 Å². The van der Waals surface area contributed by atoms with Crippen molar-refractivity contribution < 1.29 is 4.74 Å². The predicted octanol–water partition coefficient (Wildman–Crippen LogP) is 2.38. The van der Waals surface area contributed by atoms with Gasteiger partial charge in [-0.2, -0.15) is 0 Å². The molecule has 3 heteroatoms. The maximum absolute atomic E-state index is 5.77. The van der Waals surface area contributed by atoms with E-state index < -0.39 is 0 Å². The molecule has 0 radical (unpaired) electrons. The minimum Gasteiger partial charge on any atom is -0.496 e. The standard InChI is InChI=1S/C15H26N2O/c1-10(2)14(8-16)17-9-13-7-11(3)6-12(4)15(13)18-5/h6-7,10,14,17H,8-9,16H2,1-5H3. The lowest BCUT2D eigenvalue weighted by Crippen LogP contribution is -2.39. The van der Waals surface area contributed by atoms with Crippen LogP contribution in [0, 0.1) is 19.8 Å². The Kier molecular flexibility index (Phi) is 5.63. The summed E-state index contributed by atoms with van der Waals surface area (Å²) in [5, 5.41) is 3.51. The summed E-state index contributed by atoms with van der Waals surface area (Å²) in [4.78, 5) is 0. The molecular formula is C15H26N2O. The Balaban J connectivity index is 2.83. The Bertz CT molecular complexity index is 388. The highest BCUT2D eigenvalue weighted by Crippen LogP contribution is 2.25. The summed E-state index contributed by atoms with van der Waals surface area (Å²) < 4.78 is 5.49. The van der Waals surface area contributed by atoms with E-state index in [4.69, 9.17) is 10.5 Å². The molecule has 0 heterocycles. The molecule has 1 aromatic carbocycles. The van der Waals surface area contributed by atoms with E-state index in [1.807, 2.05) is 0 Å². The van der Waals surface area contributed by atoms with Gasteiger partial charge in [0.1, 0.15) is 5.75 Å². The maximum Gasteiger partial charge on any atom is 0.126 e. The molecule has 0 aliphatic carbocycles. The summed E-state index contributed by atoms with van der Waals surface area (Å²) in [5.74, 6) is 1.51. The summed E-state index contributed by atoms with van der Waals surface area (Å²) in [7, 11) is 1.73. The van der Waals surface area contributed by atoms with Crippen LogP contribution >= 0.6 is 0 Å². The van der Waals surface area contributed by atoms with E-state index in [9.17, 15) is 0 Å². The van der Waals surface area contributed by atoms with Crippen LogP contribution in [0.25, 0.3) is 0 Å². The molecule has 102 valence electrons. The van der Waals surface area contributed by atoms with E-state index in [2.05, 4.69) is 45.1 Å². The number of nitrogens with two attached hydrogens (primary N) is 1. The third-order valence-electron chi connectivity index (χ3n) is 3.31. The highest BCUT2D eigenvalue weighted by Gasteiger charge is 2.13. The fourth-order valence-electron chi connectivity index (χ4n) is 2.30. The van der Waals surface area contributed by atoms with Crippen LogP contribution in [-0.4, -0.2) is 19.7 Å². The van der Waals surface area contributed by atoms with Crippen molar-refractivity contribution in [1.82, 2.24) is 5.32 Å². The highest BCUT2D eigenvalue weighted by molar-refractivity contribution is 5.43. The Morgan fingerprint density at radius 3 is 2.44 bits per heavy atom. The topological polar surface area (TPSA) is 47.3 Å². The first-order valence-electron chi connectivity index (χ1n) is 6.57. The summed E-state index contributed by atoms with van der Waals surface area (Å²) in [5.41, 5.74) is 9.42. The van der Waals surface area contributed by atoms with Gasteiger partial charge in [-0.05, 0) is 25.3 Å². The Hall–Kier alpha value is -1.06. The third-order valence-corrected chi connectivity index (χ3v) is 3.31. The van der Waals surface area contributed by atoms with Gasteiger partial charge in [0.05, 0.1) is 7.11 Å². The molecule has 0 spiro atoms. The van der Waals surface area contributed by atoms with E-state index >= 15 is 0 Å². The van der Waals surface area contributed by atoms with Crippen LogP contribution in [0.4, 0.5) is 0 Å². The van der Waals surface area contributed by atoms with E-state index in [0.717, 1.165) is 12.3 Å². The van der Waals surface area contributed by atoms with Crippen LogP contribution < -0.4 is 15.8 Å². The molecule has 0 fully saturated rings. The highest BCUT2D eigenvalue weighted by atomic mass is 16.5. The lowest BCUT2D eigenvalue weighted by molar-refractivity contribution is 0.385. The van der Waals surface area contributed by atoms with Crippen LogP contribution in [-0.2, 0) is 6.54 Å². The predicted molar refractivity (Wildman–Crippen MR) is 77.0 cm³/mol. The molecule has 0 aromatic heterocycles. The van der Waals surface area contributed by atoms with Gasteiger partial charge in [0.15, 0.2) is 0 Å². The first kappa shape index (κ1) is 15.0. The first-order valence-corrected chi connectivity index (χ1v) is 6.57. The van der Waals surface area contributed by atoms with Gasteiger partial charge in [-0.1, -0.05) is 31.5 Å². The second kappa shape index (κ2) is 6.76. The molecule has 18 heavy (non-hydrogen) atoms. The number of nitrogens with one attached hydrogen (secondary N) is 1. The van der Waals surface area contributed by atoms with Crippen LogP contribution in [0.15, 0.2) is 12.1 Å². The van der Waals surface area contributed by atoms with Gasteiger partial charge >= 0.3 is 0 Å². The quantitative estimate of drug-likeness (QED) is 0.815. The average Bonchev–Trinajstić information content (AvgIpc) is 2.28. The van der Waals surface area contributed by atoms with E-state index in [0.29, 0.717) is 18.5 Å². The van der Waals surface area contributed by atoms with Gasteiger partial charge in [-0.15, -0.1) is 0 Å². The zero-order chi connectivity index (χ0) is 13.7. The summed E-state index contributed by atoms with van der Waals surface area (Å²) >= 11 is 0. The molecule has 1 aromatic rings. The molecule has 3 nitrogen and oxygen atoms in total. The van der Waals surface area contributed by atoms with Crippen molar-refractivity contribution in [3.05, 3.63) is 28.8 Å². The molecule has 0 saturated heterocycles. The van der Waals surface area contributed by atoms with Crippen molar-refractivity contribution in [3.63, 3.8) is 0 Å². The molecule has 1 atom stereocenters. The van der Waals surface area contributed by atoms with Crippen molar-refractivity contribution in [2.45, 2.75) is 40.3 Å². The van der Waals surface area contributed by atoms with Crippen molar-refractivity contribution in [2.24, 2.45) is 11.7 Å². The number of ether oxygens (including phenoxy) is 1. The molecule has 1 rings (SSSR count). The first-order chi connectivity index (χ1) is 8.49. The van der Waals surface area contributed by atoms with Gasteiger partial charge in [-0.3, -0.25) is 0 Å². The minimum absolute atomic E-state index is 0.343.